The number of hydrogen-bond acceptors (Lipinski definition) is 3. The second-order valence-corrected chi connectivity index (χ2v) is 9.68. The normalized spacial score (nSPS) is 11.6. The summed E-state index contributed by atoms with van der Waals surface area (Å²) in [7, 11) is -3.96. The Morgan fingerprint density at radius 3 is 2.45 bits per heavy atom. The van der Waals surface area contributed by atoms with Crippen LogP contribution in [0.4, 0.5) is 0 Å². The summed E-state index contributed by atoms with van der Waals surface area (Å²) in [5, 5.41) is 1.94. The van der Waals surface area contributed by atoms with Crippen molar-refractivity contribution in [2.24, 2.45) is 0 Å². The van der Waals surface area contributed by atoms with Crippen molar-refractivity contribution in [3.63, 3.8) is 0 Å². The Bertz CT molecular complexity index is 1400. The van der Waals surface area contributed by atoms with Crippen LogP contribution in [-0.4, -0.2) is 19.3 Å². The van der Waals surface area contributed by atoms with Crippen LogP contribution in [0.3, 0.4) is 0 Å². The second kappa shape index (κ2) is 8.38. The molecule has 0 unspecified atom stereocenters. The molecule has 8 heteroatoms. The van der Waals surface area contributed by atoms with E-state index in [-0.39, 0.29) is 10.5 Å². The third kappa shape index (κ3) is 4.46. The predicted octanol–water partition coefficient (Wildman–Crippen LogP) is 5.49. The first-order valence-electron chi connectivity index (χ1n) is 9.42. The van der Waals surface area contributed by atoms with Crippen molar-refractivity contribution in [1.82, 2.24) is 9.71 Å². The van der Waals surface area contributed by atoms with Crippen LogP contribution in [0.1, 0.15) is 27.2 Å². The van der Waals surface area contributed by atoms with E-state index in [0.29, 0.717) is 16.5 Å². The highest BCUT2D eigenvalue weighted by Crippen LogP contribution is 2.29. The molecule has 1 heterocycles. The summed E-state index contributed by atoms with van der Waals surface area (Å²) >= 11 is 12.3. The van der Waals surface area contributed by atoms with Gasteiger partial charge in [0.1, 0.15) is 0 Å². The van der Waals surface area contributed by atoms with E-state index in [1.807, 2.05) is 13.0 Å². The standard InChI is InChI=1S/C23H18Cl2N2O3S/c1-14-19(11-15-7-9-17(24)13-21(15)25)20-12-16(8-10-22(20)26-14)23(28)27-31(29,30)18-5-3-2-4-6-18/h2-10,12-13,26H,11H2,1H3,(H,27,28). The molecule has 2 N–H and O–H groups in total. The van der Waals surface area contributed by atoms with Crippen LogP contribution in [0.2, 0.25) is 10.0 Å². The zero-order valence-corrected chi connectivity index (χ0v) is 18.8. The largest absolute Gasteiger partial charge is 0.358 e. The van der Waals surface area contributed by atoms with Crippen LogP contribution in [0.15, 0.2) is 71.6 Å². The lowest BCUT2D eigenvalue weighted by atomic mass is 10.0. The van der Waals surface area contributed by atoms with Gasteiger partial charge in [-0.3, -0.25) is 4.79 Å². The summed E-state index contributed by atoms with van der Waals surface area (Å²) in [5.74, 6) is -0.694. The van der Waals surface area contributed by atoms with E-state index in [1.165, 1.54) is 12.1 Å². The van der Waals surface area contributed by atoms with Gasteiger partial charge in [0.25, 0.3) is 15.9 Å². The van der Waals surface area contributed by atoms with Gasteiger partial charge in [-0.2, -0.15) is 0 Å². The summed E-state index contributed by atoms with van der Waals surface area (Å²) in [6.45, 7) is 1.94. The quantitative estimate of drug-likeness (QED) is 0.402. The summed E-state index contributed by atoms with van der Waals surface area (Å²) in [4.78, 5) is 16.0. The lowest BCUT2D eigenvalue weighted by Gasteiger charge is -2.08. The van der Waals surface area contributed by atoms with E-state index >= 15 is 0 Å². The number of benzene rings is 3. The van der Waals surface area contributed by atoms with Crippen LogP contribution in [0.5, 0.6) is 0 Å². The maximum absolute atomic E-state index is 12.7. The summed E-state index contributed by atoms with van der Waals surface area (Å²) < 4.78 is 27.1. The smallest absolute Gasteiger partial charge is 0.265 e. The number of rotatable bonds is 5. The SMILES string of the molecule is Cc1[nH]c2ccc(C(=O)NS(=O)(=O)c3ccccc3)cc2c1Cc1ccc(Cl)cc1Cl. The van der Waals surface area contributed by atoms with Crippen molar-refractivity contribution >= 4 is 50.0 Å². The maximum atomic E-state index is 12.7. The van der Waals surface area contributed by atoms with Gasteiger partial charge in [-0.15, -0.1) is 0 Å². The lowest BCUT2D eigenvalue weighted by molar-refractivity contribution is 0.0981. The Hall–Kier alpha value is -2.80. The molecule has 0 aliphatic carbocycles. The molecule has 0 saturated heterocycles. The van der Waals surface area contributed by atoms with Gasteiger partial charge in [-0.1, -0.05) is 47.5 Å². The van der Waals surface area contributed by atoms with Crippen molar-refractivity contribution in [1.29, 1.82) is 0 Å². The van der Waals surface area contributed by atoms with E-state index in [2.05, 4.69) is 9.71 Å². The number of aromatic nitrogens is 1. The number of aryl methyl sites for hydroxylation is 1. The lowest BCUT2D eigenvalue weighted by Crippen LogP contribution is -2.30. The number of halogens is 2. The molecule has 0 aliphatic heterocycles. The molecule has 0 spiro atoms. The topological polar surface area (TPSA) is 79.0 Å². The Morgan fingerprint density at radius 2 is 1.74 bits per heavy atom. The fourth-order valence-electron chi connectivity index (χ4n) is 3.45. The maximum Gasteiger partial charge on any atom is 0.265 e. The van der Waals surface area contributed by atoms with Crippen molar-refractivity contribution in [2.75, 3.05) is 0 Å². The van der Waals surface area contributed by atoms with E-state index < -0.39 is 15.9 Å². The molecule has 5 nitrogen and oxygen atoms in total. The average Bonchev–Trinajstić information content (AvgIpc) is 3.04. The van der Waals surface area contributed by atoms with Crippen LogP contribution in [0, 0.1) is 6.92 Å². The molecule has 0 radical (unpaired) electrons. The second-order valence-electron chi connectivity index (χ2n) is 7.15. The van der Waals surface area contributed by atoms with Crippen molar-refractivity contribution in [3.05, 3.63) is 99.2 Å². The van der Waals surface area contributed by atoms with Gasteiger partial charge in [0, 0.05) is 38.6 Å². The van der Waals surface area contributed by atoms with E-state index in [1.54, 1.807) is 48.5 Å². The summed E-state index contributed by atoms with van der Waals surface area (Å²) in [6.07, 6.45) is 0.537. The fraction of sp³-hybridized carbons (Fsp3) is 0.0870. The first-order valence-corrected chi connectivity index (χ1v) is 11.7. The highest BCUT2D eigenvalue weighted by atomic mass is 35.5. The number of carbonyl (C=O) groups is 1. The number of amides is 1. The van der Waals surface area contributed by atoms with E-state index in [9.17, 15) is 13.2 Å². The van der Waals surface area contributed by atoms with E-state index in [0.717, 1.165) is 27.7 Å². The molecule has 0 atom stereocenters. The Morgan fingerprint density at radius 1 is 1.00 bits per heavy atom. The highest BCUT2D eigenvalue weighted by molar-refractivity contribution is 7.90. The monoisotopic (exact) mass is 472 g/mol. The zero-order valence-electron chi connectivity index (χ0n) is 16.4. The third-order valence-corrected chi connectivity index (χ3v) is 6.98. The molecule has 3 aromatic carbocycles. The molecule has 0 saturated carbocycles. The molecule has 1 amide bonds. The molecule has 0 fully saturated rings. The first kappa shape index (κ1) is 21.4. The number of aromatic amines is 1. The number of fused-ring (bicyclic) bond motifs is 1. The van der Waals surface area contributed by atoms with Crippen LogP contribution >= 0.6 is 23.2 Å². The average molecular weight is 473 g/mol. The van der Waals surface area contributed by atoms with Gasteiger partial charge in [-0.05, 0) is 60.5 Å². The number of carbonyl (C=O) groups excluding carboxylic acids is 1. The van der Waals surface area contributed by atoms with Crippen molar-refractivity contribution in [3.8, 4) is 0 Å². The van der Waals surface area contributed by atoms with Crippen LogP contribution in [-0.2, 0) is 16.4 Å². The zero-order chi connectivity index (χ0) is 22.2. The minimum absolute atomic E-state index is 0.0278. The van der Waals surface area contributed by atoms with Crippen molar-refractivity contribution < 1.29 is 13.2 Å². The number of H-pyrrole nitrogens is 1. The highest BCUT2D eigenvalue weighted by Gasteiger charge is 2.20. The minimum atomic E-state index is -3.96. The van der Waals surface area contributed by atoms with Crippen LogP contribution < -0.4 is 4.72 Å². The molecule has 158 valence electrons. The fourth-order valence-corrected chi connectivity index (χ4v) is 4.92. The van der Waals surface area contributed by atoms with Gasteiger partial charge in [0.2, 0.25) is 0 Å². The molecule has 4 aromatic rings. The Kier molecular flexibility index (Phi) is 5.79. The Balaban J connectivity index is 1.67. The first-order chi connectivity index (χ1) is 14.7. The van der Waals surface area contributed by atoms with Crippen molar-refractivity contribution in [2.45, 2.75) is 18.2 Å². The minimum Gasteiger partial charge on any atom is -0.358 e. The van der Waals surface area contributed by atoms with Crippen LogP contribution in [0.25, 0.3) is 10.9 Å². The summed E-state index contributed by atoms with van der Waals surface area (Å²) in [5.41, 5.74) is 3.90. The van der Waals surface area contributed by atoms with Gasteiger partial charge >= 0.3 is 0 Å². The van der Waals surface area contributed by atoms with Gasteiger partial charge < -0.3 is 4.98 Å². The molecular formula is C23H18Cl2N2O3S. The van der Waals surface area contributed by atoms with Gasteiger partial charge in [0.05, 0.1) is 4.90 Å². The number of sulfonamides is 1. The molecular weight excluding hydrogens is 455 g/mol. The Labute approximate surface area is 190 Å². The predicted molar refractivity (Wildman–Crippen MR) is 123 cm³/mol. The molecule has 4 rings (SSSR count). The number of nitrogens with one attached hydrogen (secondary N) is 2. The molecule has 0 bridgehead atoms. The molecule has 0 aliphatic rings. The van der Waals surface area contributed by atoms with E-state index in [4.69, 9.17) is 23.2 Å². The van der Waals surface area contributed by atoms with Gasteiger partial charge in [-0.25, -0.2) is 13.1 Å². The van der Waals surface area contributed by atoms with Gasteiger partial charge in [0.15, 0.2) is 0 Å². The molecule has 31 heavy (non-hydrogen) atoms. The number of hydrogen-bond donors (Lipinski definition) is 2. The third-order valence-electron chi connectivity index (χ3n) is 5.04. The summed E-state index contributed by atoms with van der Waals surface area (Å²) in [6, 6.07) is 18.1. The molecule has 1 aromatic heterocycles.